The number of nitro groups is 1. The molecule has 8 heteroatoms. The van der Waals surface area contributed by atoms with Gasteiger partial charge in [0.2, 0.25) is 0 Å². The van der Waals surface area contributed by atoms with Crippen LogP contribution in [-0.4, -0.2) is 15.7 Å². The number of hydrogen-bond donors (Lipinski definition) is 1. The molecule has 0 spiro atoms. The second-order valence-electron chi connectivity index (χ2n) is 7.89. The largest absolute Gasteiger partial charge is 0.489 e. The van der Waals surface area contributed by atoms with Crippen LogP contribution in [0.25, 0.3) is 5.69 Å². The molecule has 35 heavy (non-hydrogen) atoms. The average molecular weight is 466 g/mol. The summed E-state index contributed by atoms with van der Waals surface area (Å²) in [5.74, 6) is 0.720. The minimum atomic E-state index is -0.436. The Kier molecular flexibility index (Phi) is 6.88. The molecule has 0 aliphatic carbocycles. The molecule has 4 aromatic rings. The number of nitriles is 1. The highest BCUT2D eigenvalue weighted by atomic mass is 16.6. The van der Waals surface area contributed by atoms with Crippen LogP contribution in [0.4, 0.5) is 11.4 Å². The Labute approximate surface area is 202 Å². The van der Waals surface area contributed by atoms with Crippen molar-refractivity contribution < 1.29 is 9.66 Å². The van der Waals surface area contributed by atoms with Crippen molar-refractivity contribution in [1.29, 1.82) is 5.26 Å². The van der Waals surface area contributed by atoms with Gasteiger partial charge in [-0.3, -0.25) is 15.5 Å². The van der Waals surface area contributed by atoms with Crippen LogP contribution in [0.3, 0.4) is 0 Å². The second kappa shape index (κ2) is 10.4. The summed E-state index contributed by atoms with van der Waals surface area (Å²) in [5.41, 5.74) is 9.07. The molecule has 8 nitrogen and oxygen atoms in total. The van der Waals surface area contributed by atoms with Crippen molar-refractivity contribution in [2.45, 2.75) is 20.5 Å². The molecule has 0 atom stereocenters. The first-order valence-corrected chi connectivity index (χ1v) is 10.9. The van der Waals surface area contributed by atoms with E-state index in [1.807, 2.05) is 62.4 Å². The molecule has 174 valence electrons. The number of nitrogens with one attached hydrogen (secondary N) is 1. The smallest absolute Gasteiger partial charge is 0.269 e. The van der Waals surface area contributed by atoms with Crippen LogP contribution in [-0.2, 0) is 6.61 Å². The summed E-state index contributed by atoms with van der Waals surface area (Å²) in [5, 5.41) is 24.3. The van der Waals surface area contributed by atoms with Gasteiger partial charge < -0.3 is 9.30 Å². The number of anilines is 1. The van der Waals surface area contributed by atoms with E-state index in [-0.39, 0.29) is 5.69 Å². The summed E-state index contributed by atoms with van der Waals surface area (Å²) in [6, 6.07) is 25.5. The number of nitro benzene ring substituents is 1. The number of hydrogen-bond acceptors (Lipinski definition) is 6. The van der Waals surface area contributed by atoms with Crippen molar-refractivity contribution in [2.24, 2.45) is 5.10 Å². The molecule has 1 aromatic heterocycles. The predicted octanol–water partition coefficient (Wildman–Crippen LogP) is 5.90. The fraction of sp³-hybridized carbons (Fsp3) is 0.111. The highest BCUT2D eigenvalue weighted by molar-refractivity contribution is 5.82. The van der Waals surface area contributed by atoms with Crippen molar-refractivity contribution in [1.82, 2.24) is 4.57 Å². The summed E-state index contributed by atoms with van der Waals surface area (Å²) in [4.78, 5) is 10.3. The van der Waals surface area contributed by atoms with E-state index in [2.05, 4.69) is 21.2 Å². The zero-order valence-electron chi connectivity index (χ0n) is 19.3. The van der Waals surface area contributed by atoms with Gasteiger partial charge in [-0.2, -0.15) is 10.4 Å². The lowest BCUT2D eigenvalue weighted by atomic mass is 10.1. The first-order chi connectivity index (χ1) is 17.0. The molecular formula is C27H23N5O3. The average Bonchev–Trinajstić information content (AvgIpc) is 3.16. The molecule has 1 heterocycles. The molecule has 0 saturated carbocycles. The van der Waals surface area contributed by atoms with Gasteiger partial charge in [0.25, 0.3) is 5.69 Å². The first-order valence-electron chi connectivity index (χ1n) is 10.9. The number of nitrogens with zero attached hydrogens (tertiary/aromatic N) is 4. The van der Waals surface area contributed by atoms with Crippen LogP contribution in [0, 0.1) is 35.3 Å². The quantitative estimate of drug-likeness (QED) is 0.198. The van der Waals surface area contributed by atoms with Gasteiger partial charge in [-0.05, 0) is 62.4 Å². The number of non-ortho nitro benzene ring substituents is 1. The molecule has 0 unspecified atom stereocenters. The minimum absolute atomic E-state index is 0.0338. The standard InChI is InChI=1S/C27H23N5O3/c1-19-15-23(17-29-30-24-7-9-26(10-8-24)32(33)34)20(2)31(19)25-11-13-27(14-12-25)35-18-22-6-4-3-5-21(22)16-28/h3-15,17,30H,18H2,1-2H3/b29-17+. The third-order valence-corrected chi connectivity index (χ3v) is 5.57. The van der Waals surface area contributed by atoms with Gasteiger partial charge >= 0.3 is 0 Å². The number of aryl methyl sites for hydroxylation is 1. The van der Waals surface area contributed by atoms with E-state index < -0.39 is 4.92 Å². The number of ether oxygens (including phenoxy) is 1. The number of aromatic nitrogens is 1. The van der Waals surface area contributed by atoms with Gasteiger partial charge in [-0.25, -0.2) is 0 Å². The van der Waals surface area contributed by atoms with Crippen LogP contribution in [0.5, 0.6) is 5.75 Å². The normalized spacial score (nSPS) is 10.8. The van der Waals surface area contributed by atoms with Gasteiger partial charge in [0.1, 0.15) is 12.4 Å². The lowest BCUT2D eigenvalue weighted by molar-refractivity contribution is -0.384. The Hall–Kier alpha value is -4.90. The van der Waals surface area contributed by atoms with Crippen molar-refractivity contribution in [3.05, 3.63) is 117 Å². The molecule has 0 aliphatic heterocycles. The number of hydrazone groups is 1. The lowest BCUT2D eigenvalue weighted by Gasteiger charge is -2.12. The van der Waals surface area contributed by atoms with Gasteiger partial charge in [0, 0.05) is 40.3 Å². The molecule has 3 aromatic carbocycles. The third-order valence-electron chi connectivity index (χ3n) is 5.57. The van der Waals surface area contributed by atoms with E-state index in [1.165, 1.54) is 12.1 Å². The molecular weight excluding hydrogens is 442 g/mol. The Morgan fingerprint density at radius 1 is 1.09 bits per heavy atom. The first kappa shape index (κ1) is 23.3. The highest BCUT2D eigenvalue weighted by Crippen LogP contribution is 2.23. The summed E-state index contributed by atoms with van der Waals surface area (Å²) in [7, 11) is 0. The highest BCUT2D eigenvalue weighted by Gasteiger charge is 2.10. The van der Waals surface area contributed by atoms with Gasteiger partial charge in [-0.15, -0.1) is 0 Å². The van der Waals surface area contributed by atoms with E-state index in [4.69, 9.17) is 4.74 Å². The van der Waals surface area contributed by atoms with E-state index in [0.29, 0.717) is 17.9 Å². The van der Waals surface area contributed by atoms with Crippen molar-refractivity contribution in [3.63, 3.8) is 0 Å². The lowest BCUT2D eigenvalue weighted by Crippen LogP contribution is -2.01. The predicted molar refractivity (Wildman–Crippen MR) is 135 cm³/mol. The number of benzene rings is 3. The van der Waals surface area contributed by atoms with Crippen LogP contribution < -0.4 is 10.2 Å². The molecule has 0 bridgehead atoms. The van der Waals surface area contributed by atoms with Crippen molar-refractivity contribution in [2.75, 3.05) is 5.43 Å². The third kappa shape index (κ3) is 5.37. The topological polar surface area (TPSA) is 105 Å². The van der Waals surface area contributed by atoms with Gasteiger partial charge in [0.15, 0.2) is 0 Å². The molecule has 0 fully saturated rings. The fourth-order valence-corrected chi connectivity index (χ4v) is 3.76. The van der Waals surface area contributed by atoms with Gasteiger partial charge in [-0.1, -0.05) is 18.2 Å². The number of rotatable bonds is 8. The minimum Gasteiger partial charge on any atom is -0.489 e. The van der Waals surface area contributed by atoms with Gasteiger partial charge in [0.05, 0.1) is 28.5 Å². The van der Waals surface area contributed by atoms with Crippen molar-refractivity contribution >= 4 is 17.6 Å². The molecule has 4 rings (SSSR count). The Balaban J connectivity index is 1.44. The monoisotopic (exact) mass is 465 g/mol. The second-order valence-corrected chi connectivity index (χ2v) is 7.89. The maximum absolute atomic E-state index is 10.8. The molecule has 1 N–H and O–H groups in total. The zero-order valence-corrected chi connectivity index (χ0v) is 19.3. The molecule has 0 amide bonds. The summed E-state index contributed by atoms with van der Waals surface area (Å²) < 4.78 is 8.01. The molecule has 0 saturated heterocycles. The maximum Gasteiger partial charge on any atom is 0.269 e. The Morgan fingerprint density at radius 2 is 1.80 bits per heavy atom. The molecule has 0 radical (unpaired) electrons. The Bertz CT molecular complexity index is 1410. The fourth-order valence-electron chi connectivity index (χ4n) is 3.76. The van der Waals surface area contributed by atoms with E-state index in [0.717, 1.165) is 34.0 Å². The molecule has 0 aliphatic rings. The van der Waals surface area contributed by atoms with Crippen LogP contribution in [0.1, 0.15) is 28.1 Å². The summed E-state index contributed by atoms with van der Waals surface area (Å²) >= 11 is 0. The van der Waals surface area contributed by atoms with Crippen LogP contribution in [0.2, 0.25) is 0 Å². The van der Waals surface area contributed by atoms with Crippen LogP contribution >= 0.6 is 0 Å². The SMILES string of the molecule is Cc1cc(/C=N/Nc2ccc([N+](=O)[O-])cc2)c(C)n1-c1ccc(OCc2ccccc2C#N)cc1. The maximum atomic E-state index is 10.8. The van der Waals surface area contributed by atoms with Crippen LogP contribution in [0.15, 0.2) is 84.0 Å². The summed E-state index contributed by atoms with van der Waals surface area (Å²) in [6.07, 6.45) is 1.73. The Morgan fingerprint density at radius 3 is 2.49 bits per heavy atom. The zero-order chi connectivity index (χ0) is 24.8. The van der Waals surface area contributed by atoms with E-state index in [1.54, 1.807) is 24.4 Å². The van der Waals surface area contributed by atoms with Crippen molar-refractivity contribution in [3.8, 4) is 17.5 Å². The summed E-state index contributed by atoms with van der Waals surface area (Å²) in [6.45, 7) is 4.37. The van der Waals surface area contributed by atoms with E-state index in [9.17, 15) is 15.4 Å². The van der Waals surface area contributed by atoms with E-state index >= 15 is 0 Å².